The highest BCUT2D eigenvalue weighted by atomic mass is 19.1. The van der Waals surface area contributed by atoms with Gasteiger partial charge in [-0.2, -0.15) is 0 Å². The maximum Gasteiger partial charge on any atom is 0.147 e. The van der Waals surface area contributed by atoms with Gasteiger partial charge in [0.15, 0.2) is 0 Å². The van der Waals surface area contributed by atoms with Gasteiger partial charge in [-0.15, -0.1) is 0 Å². The highest BCUT2D eigenvalue weighted by Gasteiger charge is 2.03. The van der Waals surface area contributed by atoms with Gasteiger partial charge in [0.2, 0.25) is 0 Å². The number of aromatic amines is 1. The maximum atomic E-state index is 13.2. The van der Waals surface area contributed by atoms with Crippen LogP contribution in [0, 0.1) is 19.7 Å². The number of aromatic nitrogens is 1. The third-order valence-electron chi connectivity index (χ3n) is 1.96. The van der Waals surface area contributed by atoms with Crippen LogP contribution in [-0.2, 0) is 0 Å². The Morgan fingerprint density at radius 2 is 1.71 bits per heavy atom. The van der Waals surface area contributed by atoms with Crippen LogP contribution in [0.5, 0.6) is 0 Å². The monoisotopic (exact) mass is 193 g/mol. The first-order valence-electron chi connectivity index (χ1n) is 4.92. The van der Waals surface area contributed by atoms with Crippen molar-refractivity contribution in [1.82, 2.24) is 4.98 Å². The molecule has 0 aliphatic heterocycles. The summed E-state index contributed by atoms with van der Waals surface area (Å²) in [5, 5.41) is 0.949. The van der Waals surface area contributed by atoms with Crippen molar-refractivity contribution in [3.63, 3.8) is 0 Å². The number of benzene rings is 1. The average Bonchev–Trinajstić information content (AvgIpc) is 2.49. The van der Waals surface area contributed by atoms with Crippen LogP contribution in [0.1, 0.15) is 25.1 Å². The van der Waals surface area contributed by atoms with Gasteiger partial charge >= 0.3 is 0 Å². The summed E-state index contributed by atoms with van der Waals surface area (Å²) in [6, 6.07) is 5.46. The van der Waals surface area contributed by atoms with Gasteiger partial charge in [-0.1, -0.05) is 13.8 Å². The Morgan fingerprint density at radius 1 is 1.07 bits per heavy atom. The summed E-state index contributed by atoms with van der Waals surface area (Å²) in [7, 11) is 0. The van der Waals surface area contributed by atoms with E-state index in [1.165, 1.54) is 6.07 Å². The molecule has 0 unspecified atom stereocenters. The minimum atomic E-state index is -0.168. The molecule has 14 heavy (non-hydrogen) atoms. The molecule has 1 N–H and O–H groups in total. The second-order valence-corrected chi connectivity index (χ2v) is 3.16. The van der Waals surface area contributed by atoms with E-state index in [0.717, 1.165) is 16.6 Å². The predicted octanol–water partition coefficient (Wildman–Crippen LogP) is 3.95. The van der Waals surface area contributed by atoms with Crippen LogP contribution in [0.2, 0.25) is 0 Å². The summed E-state index contributed by atoms with van der Waals surface area (Å²) < 4.78 is 13.2. The zero-order valence-electron chi connectivity index (χ0n) is 9.11. The molecule has 0 fully saturated rings. The molecule has 1 nitrogen and oxygen atoms in total. The molecule has 1 aromatic carbocycles. The molecule has 2 heteroatoms. The summed E-state index contributed by atoms with van der Waals surface area (Å²) in [4.78, 5) is 2.98. The van der Waals surface area contributed by atoms with Crippen molar-refractivity contribution in [1.29, 1.82) is 0 Å². The van der Waals surface area contributed by atoms with Crippen molar-refractivity contribution < 1.29 is 4.39 Å². The number of halogens is 1. The topological polar surface area (TPSA) is 15.8 Å². The zero-order valence-corrected chi connectivity index (χ0v) is 9.11. The Bertz CT molecular complexity index is 429. The molecule has 0 atom stereocenters. The van der Waals surface area contributed by atoms with E-state index in [-0.39, 0.29) is 5.82 Å². The quantitative estimate of drug-likeness (QED) is 0.652. The van der Waals surface area contributed by atoms with Gasteiger partial charge in [0, 0.05) is 11.1 Å². The van der Waals surface area contributed by atoms with Crippen LogP contribution in [-0.4, -0.2) is 4.98 Å². The molecule has 2 aromatic rings. The molecule has 0 aliphatic rings. The van der Waals surface area contributed by atoms with E-state index in [9.17, 15) is 4.39 Å². The van der Waals surface area contributed by atoms with Crippen LogP contribution in [0.4, 0.5) is 4.39 Å². The molecule has 0 radical (unpaired) electrons. The second kappa shape index (κ2) is 4.27. The predicted molar refractivity (Wildman–Crippen MR) is 59.1 cm³/mol. The van der Waals surface area contributed by atoms with E-state index in [1.807, 2.05) is 39.8 Å². The third kappa shape index (κ3) is 1.95. The lowest BCUT2D eigenvalue weighted by atomic mass is 10.2. The molecule has 2 rings (SSSR count). The Labute approximate surface area is 84.0 Å². The fourth-order valence-electron chi connectivity index (χ4n) is 1.48. The van der Waals surface area contributed by atoms with Crippen LogP contribution in [0.15, 0.2) is 18.2 Å². The van der Waals surface area contributed by atoms with Gasteiger partial charge in [0.1, 0.15) is 5.82 Å². The van der Waals surface area contributed by atoms with E-state index < -0.39 is 0 Å². The van der Waals surface area contributed by atoms with Crippen molar-refractivity contribution in [3.8, 4) is 0 Å². The van der Waals surface area contributed by atoms with E-state index in [1.54, 1.807) is 0 Å². The number of aryl methyl sites for hydroxylation is 2. The normalized spacial score (nSPS) is 9.79. The lowest BCUT2D eigenvalue weighted by Crippen LogP contribution is -1.79. The van der Waals surface area contributed by atoms with E-state index in [0.29, 0.717) is 5.52 Å². The Balaban J connectivity index is 0.000000461. The van der Waals surface area contributed by atoms with Crippen molar-refractivity contribution >= 4 is 10.9 Å². The summed E-state index contributed by atoms with van der Waals surface area (Å²) in [6.45, 7) is 7.82. The molecule has 0 bridgehead atoms. The minimum Gasteiger partial charge on any atom is -0.356 e. The SMILES string of the molecule is CC.Cc1cc(F)c2[nH]c(C)cc2c1. The van der Waals surface area contributed by atoms with E-state index in [4.69, 9.17) is 0 Å². The fraction of sp³-hybridized carbons (Fsp3) is 0.333. The first-order valence-corrected chi connectivity index (χ1v) is 4.92. The molecule has 76 valence electrons. The van der Waals surface area contributed by atoms with Crippen LogP contribution in [0.25, 0.3) is 10.9 Å². The molecule has 0 aliphatic carbocycles. The standard InChI is InChI=1S/C10H10FN.C2H6/c1-6-3-8-5-7(2)12-10(8)9(11)4-6;1-2/h3-5,12H,1-2H3;1-2H3. The van der Waals surface area contributed by atoms with Gasteiger partial charge in [-0.3, -0.25) is 0 Å². The molecule has 0 spiro atoms. The van der Waals surface area contributed by atoms with Crippen molar-refractivity contribution in [2.45, 2.75) is 27.7 Å². The number of rotatable bonds is 0. The largest absolute Gasteiger partial charge is 0.356 e. The van der Waals surface area contributed by atoms with Gasteiger partial charge in [-0.05, 0) is 37.6 Å². The number of hydrogen-bond donors (Lipinski definition) is 1. The molecule has 0 amide bonds. The minimum absolute atomic E-state index is 0.168. The number of H-pyrrole nitrogens is 1. The van der Waals surface area contributed by atoms with Crippen LogP contribution >= 0.6 is 0 Å². The van der Waals surface area contributed by atoms with Gasteiger partial charge in [-0.25, -0.2) is 4.39 Å². The summed E-state index contributed by atoms with van der Waals surface area (Å²) in [6.07, 6.45) is 0. The van der Waals surface area contributed by atoms with Crippen molar-refractivity contribution in [3.05, 3.63) is 35.3 Å². The second-order valence-electron chi connectivity index (χ2n) is 3.16. The highest BCUT2D eigenvalue weighted by molar-refractivity contribution is 5.81. The van der Waals surface area contributed by atoms with Crippen molar-refractivity contribution in [2.24, 2.45) is 0 Å². The van der Waals surface area contributed by atoms with Gasteiger partial charge in [0.05, 0.1) is 5.52 Å². The first kappa shape index (κ1) is 10.8. The number of hydrogen-bond acceptors (Lipinski definition) is 0. The first-order chi connectivity index (χ1) is 6.66. The number of nitrogens with one attached hydrogen (secondary N) is 1. The van der Waals surface area contributed by atoms with E-state index >= 15 is 0 Å². The summed E-state index contributed by atoms with van der Waals surface area (Å²) in [5.41, 5.74) is 2.56. The average molecular weight is 193 g/mol. The lowest BCUT2D eigenvalue weighted by molar-refractivity contribution is 0.636. The summed E-state index contributed by atoms with van der Waals surface area (Å²) in [5.74, 6) is -0.168. The molecule has 0 saturated heterocycles. The molecule has 0 saturated carbocycles. The maximum absolute atomic E-state index is 13.2. The van der Waals surface area contributed by atoms with Gasteiger partial charge < -0.3 is 4.98 Å². The Hall–Kier alpha value is -1.31. The Morgan fingerprint density at radius 3 is 2.36 bits per heavy atom. The van der Waals surface area contributed by atoms with Gasteiger partial charge in [0.25, 0.3) is 0 Å². The number of fused-ring (bicyclic) bond motifs is 1. The van der Waals surface area contributed by atoms with E-state index in [2.05, 4.69) is 4.98 Å². The smallest absolute Gasteiger partial charge is 0.147 e. The molecule has 1 heterocycles. The molecular weight excluding hydrogens is 177 g/mol. The molecular formula is C12H16FN. The van der Waals surface area contributed by atoms with Crippen molar-refractivity contribution in [2.75, 3.05) is 0 Å². The summed E-state index contributed by atoms with van der Waals surface area (Å²) >= 11 is 0. The fourth-order valence-corrected chi connectivity index (χ4v) is 1.48. The van der Waals surface area contributed by atoms with Crippen LogP contribution < -0.4 is 0 Å². The van der Waals surface area contributed by atoms with Crippen LogP contribution in [0.3, 0.4) is 0 Å². The highest BCUT2D eigenvalue weighted by Crippen LogP contribution is 2.19. The zero-order chi connectivity index (χ0) is 10.7. The molecule has 1 aromatic heterocycles. The lowest BCUT2D eigenvalue weighted by Gasteiger charge is -1.94. The third-order valence-corrected chi connectivity index (χ3v) is 1.96. The Kier molecular flexibility index (Phi) is 3.28.